The molecule has 1 N–H and O–H groups in total. The highest BCUT2D eigenvalue weighted by Crippen LogP contribution is 2.19. The predicted molar refractivity (Wildman–Crippen MR) is 53.5 cm³/mol. The van der Waals surface area contributed by atoms with Gasteiger partial charge in [-0.3, -0.25) is 9.69 Å². The van der Waals surface area contributed by atoms with Crippen LogP contribution in [0.3, 0.4) is 0 Å². The lowest BCUT2D eigenvalue weighted by Gasteiger charge is -2.17. The topological polar surface area (TPSA) is 40.5 Å². The number of halogens is 1. The van der Waals surface area contributed by atoms with E-state index in [0.717, 1.165) is 0 Å². The van der Waals surface area contributed by atoms with Crippen LogP contribution in [0.15, 0.2) is 0 Å². The van der Waals surface area contributed by atoms with Crippen LogP contribution in [0.25, 0.3) is 0 Å². The standard InChI is InChI=1S/C6H8ClNO2S2/c7-1-4(9)2-8-5(10)3-12-6(8)11/h4,9H,1-3H2. The van der Waals surface area contributed by atoms with E-state index < -0.39 is 6.10 Å². The van der Waals surface area contributed by atoms with Crippen LogP contribution in [0.2, 0.25) is 0 Å². The zero-order valence-corrected chi connectivity index (χ0v) is 8.58. The minimum absolute atomic E-state index is 0.0471. The fraction of sp³-hybridized carbons (Fsp3) is 0.667. The van der Waals surface area contributed by atoms with Crippen molar-refractivity contribution in [3.05, 3.63) is 0 Å². The van der Waals surface area contributed by atoms with E-state index in [1.54, 1.807) is 0 Å². The summed E-state index contributed by atoms with van der Waals surface area (Å²) in [6.07, 6.45) is -0.688. The quantitative estimate of drug-likeness (QED) is 0.559. The monoisotopic (exact) mass is 225 g/mol. The van der Waals surface area contributed by atoms with E-state index in [1.807, 2.05) is 0 Å². The van der Waals surface area contributed by atoms with Gasteiger partial charge in [-0.15, -0.1) is 11.6 Å². The molecule has 0 spiro atoms. The summed E-state index contributed by atoms with van der Waals surface area (Å²) >= 11 is 11.6. The first-order chi connectivity index (χ1) is 5.65. The van der Waals surface area contributed by atoms with E-state index in [1.165, 1.54) is 16.7 Å². The molecule has 1 aliphatic heterocycles. The number of aliphatic hydroxyl groups is 1. The second-order valence-corrected chi connectivity index (χ2v) is 4.28. The lowest BCUT2D eigenvalue weighted by Crippen LogP contribution is -2.36. The average molecular weight is 226 g/mol. The summed E-state index contributed by atoms with van der Waals surface area (Å²) in [7, 11) is 0. The molecule has 0 aromatic rings. The Morgan fingerprint density at radius 3 is 2.92 bits per heavy atom. The maximum Gasteiger partial charge on any atom is 0.238 e. The van der Waals surface area contributed by atoms with Crippen LogP contribution in [0.1, 0.15) is 0 Å². The SMILES string of the molecule is O=C1CSC(=S)N1CC(O)CCl. The predicted octanol–water partition coefficient (Wildman–Crippen LogP) is 0.446. The molecule has 0 radical (unpaired) electrons. The third-order valence-electron chi connectivity index (χ3n) is 1.41. The minimum Gasteiger partial charge on any atom is -0.390 e. The first-order valence-electron chi connectivity index (χ1n) is 3.36. The van der Waals surface area contributed by atoms with Gasteiger partial charge in [-0.1, -0.05) is 24.0 Å². The van der Waals surface area contributed by atoms with Gasteiger partial charge in [0.2, 0.25) is 5.91 Å². The van der Waals surface area contributed by atoms with Crippen LogP contribution < -0.4 is 0 Å². The fourth-order valence-corrected chi connectivity index (χ4v) is 2.00. The summed E-state index contributed by atoms with van der Waals surface area (Å²) in [5.74, 6) is 0.458. The molecule has 1 fully saturated rings. The van der Waals surface area contributed by atoms with Crippen molar-refractivity contribution >= 4 is 45.8 Å². The molecule has 1 aliphatic rings. The lowest BCUT2D eigenvalue weighted by atomic mass is 10.4. The molecule has 68 valence electrons. The summed E-state index contributed by atoms with van der Waals surface area (Å²) in [4.78, 5) is 12.5. The molecule has 6 heteroatoms. The number of thiocarbonyl (C=S) groups is 1. The van der Waals surface area contributed by atoms with Gasteiger partial charge in [-0.2, -0.15) is 0 Å². The summed E-state index contributed by atoms with van der Waals surface area (Å²) in [5, 5.41) is 9.16. The van der Waals surface area contributed by atoms with Crippen molar-refractivity contribution in [2.24, 2.45) is 0 Å². The Morgan fingerprint density at radius 2 is 2.50 bits per heavy atom. The molecule has 1 saturated heterocycles. The van der Waals surface area contributed by atoms with Gasteiger partial charge >= 0.3 is 0 Å². The van der Waals surface area contributed by atoms with Gasteiger partial charge in [-0.05, 0) is 0 Å². The van der Waals surface area contributed by atoms with Crippen molar-refractivity contribution in [1.29, 1.82) is 0 Å². The van der Waals surface area contributed by atoms with E-state index in [2.05, 4.69) is 0 Å². The number of hydrogen-bond donors (Lipinski definition) is 1. The average Bonchev–Trinajstić information content (AvgIpc) is 2.35. The first kappa shape index (κ1) is 10.2. The van der Waals surface area contributed by atoms with E-state index in [4.69, 9.17) is 28.9 Å². The maximum absolute atomic E-state index is 11.1. The molecule has 0 bridgehead atoms. The second-order valence-electron chi connectivity index (χ2n) is 2.37. The van der Waals surface area contributed by atoms with Crippen molar-refractivity contribution in [2.45, 2.75) is 6.10 Å². The third kappa shape index (κ3) is 2.32. The Morgan fingerprint density at radius 1 is 1.83 bits per heavy atom. The first-order valence-corrected chi connectivity index (χ1v) is 5.29. The normalized spacial score (nSPS) is 20.3. The van der Waals surface area contributed by atoms with Crippen molar-refractivity contribution in [1.82, 2.24) is 4.90 Å². The molecule has 0 aliphatic carbocycles. The van der Waals surface area contributed by atoms with E-state index in [9.17, 15) is 4.79 Å². The number of hydrogen-bond acceptors (Lipinski definition) is 4. The zero-order valence-electron chi connectivity index (χ0n) is 6.20. The Bertz CT molecular complexity index is 196. The lowest BCUT2D eigenvalue weighted by molar-refractivity contribution is -0.124. The number of β-amino-alcohol motifs (C(OH)–C–C–N with tert-alkyl or cyclic N) is 1. The number of aliphatic hydroxyl groups excluding tert-OH is 1. The van der Waals surface area contributed by atoms with Gasteiger partial charge in [0, 0.05) is 0 Å². The molecule has 1 rings (SSSR count). The zero-order chi connectivity index (χ0) is 9.14. The molecule has 0 aromatic carbocycles. The fourth-order valence-electron chi connectivity index (χ4n) is 0.817. The molecule has 3 nitrogen and oxygen atoms in total. The van der Waals surface area contributed by atoms with Crippen LogP contribution in [-0.4, -0.2) is 44.5 Å². The highest BCUT2D eigenvalue weighted by atomic mass is 35.5. The molecule has 0 aromatic heterocycles. The van der Waals surface area contributed by atoms with Crippen LogP contribution in [0.4, 0.5) is 0 Å². The van der Waals surface area contributed by atoms with Crippen LogP contribution >= 0.6 is 35.6 Å². The van der Waals surface area contributed by atoms with E-state index >= 15 is 0 Å². The van der Waals surface area contributed by atoms with Crippen LogP contribution in [0, 0.1) is 0 Å². The second kappa shape index (κ2) is 4.41. The Balaban J connectivity index is 2.50. The number of alkyl halides is 1. The van der Waals surface area contributed by atoms with Gasteiger partial charge in [0.1, 0.15) is 4.32 Å². The summed E-state index contributed by atoms with van der Waals surface area (Å²) < 4.78 is 0.532. The molecule has 1 heterocycles. The van der Waals surface area contributed by atoms with E-state index in [0.29, 0.717) is 10.1 Å². The van der Waals surface area contributed by atoms with Crippen molar-refractivity contribution in [3.63, 3.8) is 0 Å². The summed E-state index contributed by atoms with van der Waals surface area (Å²) in [5.41, 5.74) is 0. The number of amides is 1. The third-order valence-corrected chi connectivity index (χ3v) is 3.20. The Hall–Kier alpha value is 0.160. The van der Waals surface area contributed by atoms with Gasteiger partial charge in [0.25, 0.3) is 0 Å². The minimum atomic E-state index is -0.688. The van der Waals surface area contributed by atoms with Crippen LogP contribution in [0.5, 0.6) is 0 Å². The van der Waals surface area contributed by atoms with Crippen molar-refractivity contribution < 1.29 is 9.90 Å². The van der Waals surface area contributed by atoms with E-state index in [-0.39, 0.29) is 18.3 Å². The van der Waals surface area contributed by atoms with Crippen molar-refractivity contribution in [3.8, 4) is 0 Å². The van der Waals surface area contributed by atoms with Gasteiger partial charge in [-0.25, -0.2) is 0 Å². The number of carbonyl (C=O) groups excluding carboxylic acids is 1. The highest BCUT2D eigenvalue weighted by Gasteiger charge is 2.27. The molecular formula is C6H8ClNO2S2. The van der Waals surface area contributed by atoms with Crippen molar-refractivity contribution in [2.75, 3.05) is 18.2 Å². The molecular weight excluding hydrogens is 218 g/mol. The van der Waals surface area contributed by atoms with Gasteiger partial charge in [0.05, 0.1) is 24.3 Å². The molecule has 0 saturated carbocycles. The Labute approximate surface area is 85.1 Å². The summed E-state index contributed by atoms with van der Waals surface area (Å²) in [6, 6.07) is 0. The molecule has 12 heavy (non-hydrogen) atoms. The summed E-state index contributed by atoms with van der Waals surface area (Å²) in [6.45, 7) is 0.216. The smallest absolute Gasteiger partial charge is 0.238 e. The van der Waals surface area contributed by atoms with Gasteiger partial charge < -0.3 is 5.11 Å². The molecule has 1 amide bonds. The maximum atomic E-state index is 11.1. The number of nitrogens with zero attached hydrogens (tertiary/aromatic N) is 1. The Kier molecular flexibility index (Phi) is 3.77. The number of thioether (sulfide) groups is 1. The molecule has 1 atom stereocenters. The van der Waals surface area contributed by atoms with Crippen LogP contribution in [-0.2, 0) is 4.79 Å². The number of carbonyl (C=O) groups is 1. The largest absolute Gasteiger partial charge is 0.390 e. The molecule has 1 unspecified atom stereocenters. The van der Waals surface area contributed by atoms with Gasteiger partial charge in [0.15, 0.2) is 0 Å². The highest BCUT2D eigenvalue weighted by molar-refractivity contribution is 8.23. The number of rotatable bonds is 3.